The Morgan fingerprint density at radius 1 is 1.44 bits per heavy atom. The molecule has 0 aliphatic heterocycles. The molecule has 2 rings (SSSR count). The number of rotatable bonds is 4. The molecule has 4 nitrogen and oxygen atoms in total. The standard InChI is InChI=1S/C11H14ClN3O/c1-3-16-5-4-15-8(2)6-9-10(12)13-7-14-11(9)15/h6-7H,3-5H2,1-2H3. The summed E-state index contributed by atoms with van der Waals surface area (Å²) in [5.41, 5.74) is 1.99. The minimum absolute atomic E-state index is 0.503. The lowest BCUT2D eigenvalue weighted by Crippen LogP contribution is -2.07. The lowest BCUT2D eigenvalue weighted by atomic mass is 10.4. The number of fused-ring (bicyclic) bond motifs is 1. The largest absolute Gasteiger partial charge is 0.380 e. The van der Waals surface area contributed by atoms with Crippen molar-refractivity contribution in [1.29, 1.82) is 0 Å². The van der Waals surface area contributed by atoms with E-state index in [2.05, 4.69) is 14.5 Å². The molecule has 0 saturated heterocycles. The highest BCUT2D eigenvalue weighted by Gasteiger charge is 2.09. The minimum atomic E-state index is 0.503. The minimum Gasteiger partial charge on any atom is -0.380 e. The van der Waals surface area contributed by atoms with E-state index >= 15 is 0 Å². The second-order valence-electron chi connectivity index (χ2n) is 3.54. The van der Waals surface area contributed by atoms with Crippen LogP contribution in [0.5, 0.6) is 0 Å². The summed E-state index contributed by atoms with van der Waals surface area (Å²) in [4.78, 5) is 8.22. The average molecular weight is 240 g/mol. The summed E-state index contributed by atoms with van der Waals surface area (Å²) in [5, 5.41) is 1.40. The normalized spacial score (nSPS) is 11.2. The van der Waals surface area contributed by atoms with Crippen LogP contribution in [0, 0.1) is 6.92 Å². The molecule has 0 unspecified atom stereocenters. The van der Waals surface area contributed by atoms with E-state index in [9.17, 15) is 0 Å². The third kappa shape index (κ3) is 2.03. The molecule has 86 valence electrons. The van der Waals surface area contributed by atoms with E-state index in [0.29, 0.717) is 11.8 Å². The summed E-state index contributed by atoms with van der Waals surface area (Å²) in [5.74, 6) is 0. The third-order valence-corrected chi connectivity index (χ3v) is 2.81. The molecular formula is C11H14ClN3O. The Bertz CT molecular complexity index is 495. The highest BCUT2D eigenvalue weighted by molar-refractivity contribution is 6.33. The molecule has 0 saturated carbocycles. The molecule has 0 amide bonds. The molecule has 0 bridgehead atoms. The molecular weight excluding hydrogens is 226 g/mol. The number of ether oxygens (including phenoxy) is 1. The lowest BCUT2D eigenvalue weighted by molar-refractivity contribution is 0.139. The van der Waals surface area contributed by atoms with Gasteiger partial charge < -0.3 is 9.30 Å². The van der Waals surface area contributed by atoms with Gasteiger partial charge in [-0.2, -0.15) is 0 Å². The van der Waals surface area contributed by atoms with Crippen LogP contribution in [0.1, 0.15) is 12.6 Å². The van der Waals surface area contributed by atoms with Crippen LogP contribution < -0.4 is 0 Å². The quantitative estimate of drug-likeness (QED) is 0.608. The second kappa shape index (κ2) is 4.80. The predicted octanol–water partition coefficient (Wildman–Crippen LogP) is 2.43. The Labute approximate surface area is 99.2 Å². The Morgan fingerprint density at radius 3 is 3.00 bits per heavy atom. The first-order valence-corrected chi connectivity index (χ1v) is 5.66. The van der Waals surface area contributed by atoms with Crippen molar-refractivity contribution in [3.8, 4) is 0 Å². The van der Waals surface area contributed by atoms with Crippen molar-refractivity contribution in [2.75, 3.05) is 13.2 Å². The van der Waals surface area contributed by atoms with Gasteiger partial charge in [0.25, 0.3) is 0 Å². The Balaban J connectivity index is 2.36. The van der Waals surface area contributed by atoms with Crippen molar-refractivity contribution < 1.29 is 4.74 Å². The zero-order chi connectivity index (χ0) is 11.5. The van der Waals surface area contributed by atoms with Gasteiger partial charge in [-0.15, -0.1) is 0 Å². The highest BCUT2D eigenvalue weighted by Crippen LogP contribution is 2.22. The summed E-state index contributed by atoms with van der Waals surface area (Å²) in [6, 6.07) is 2.00. The average Bonchev–Trinajstić information content (AvgIpc) is 2.58. The molecule has 5 heteroatoms. The summed E-state index contributed by atoms with van der Waals surface area (Å²) < 4.78 is 7.44. The molecule has 2 aromatic heterocycles. The molecule has 0 fully saturated rings. The number of nitrogens with zero attached hydrogens (tertiary/aromatic N) is 3. The van der Waals surface area contributed by atoms with Crippen molar-refractivity contribution in [3.05, 3.63) is 23.2 Å². The molecule has 16 heavy (non-hydrogen) atoms. The maximum absolute atomic E-state index is 6.01. The first-order valence-electron chi connectivity index (χ1n) is 5.28. The Hall–Kier alpha value is -1.13. The van der Waals surface area contributed by atoms with Crippen molar-refractivity contribution in [2.45, 2.75) is 20.4 Å². The monoisotopic (exact) mass is 239 g/mol. The van der Waals surface area contributed by atoms with E-state index in [4.69, 9.17) is 16.3 Å². The lowest BCUT2D eigenvalue weighted by Gasteiger charge is -2.07. The van der Waals surface area contributed by atoms with E-state index < -0.39 is 0 Å². The molecule has 0 aliphatic rings. The maximum Gasteiger partial charge on any atom is 0.145 e. The van der Waals surface area contributed by atoms with Crippen LogP contribution in [-0.2, 0) is 11.3 Å². The SMILES string of the molecule is CCOCCn1c(C)cc2c(Cl)ncnc21. The molecule has 0 atom stereocenters. The second-order valence-corrected chi connectivity index (χ2v) is 3.89. The highest BCUT2D eigenvalue weighted by atomic mass is 35.5. The van der Waals surface area contributed by atoms with Crippen LogP contribution >= 0.6 is 11.6 Å². The maximum atomic E-state index is 6.01. The third-order valence-electron chi connectivity index (χ3n) is 2.51. The summed E-state index contributed by atoms with van der Waals surface area (Å²) >= 11 is 6.01. The van der Waals surface area contributed by atoms with Crippen LogP contribution in [0.4, 0.5) is 0 Å². The first kappa shape index (κ1) is 11.4. The van der Waals surface area contributed by atoms with Gasteiger partial charge in [0.1, 0.15) is 17.1 Å². The number of hydrogen-bond acceptors (Lipinski definition) is 3. The van der Waals surface area contributed by atoms with E-state index in [-0.39, 0.29) is 0 Å². The van der Waals surface area contributed by atoms with Gasteiger partial charge in [-0.05, 0) is 19.9 Å². The molecule has 0 N–H and O–H groups in total. The smallest absolute Gasteiger partial charge is 0.145 e. The fourth-order valence-corrected chi connectivity index (χ4v) is 1.92. The van der Waals surface area contributed by atoms with Gasteiger partial charge in [0, 0.05) is 18.8 Å². The van der Waals surface area contributed by atoms with Gasteiger partial charge in [0.2, 0.25) is 0 Å². The van der Waals surface area contributed by atoms with Crippen molar-refractivity contribution in [1.82, 2.24) is 14.5 Å². The number of aromatic nitrogens is 3. The number of aryl methyl sites for hydroxylation is 1. The summed E-state index contributed by atoms with van der Waals surface area (Å²) in [7, 11) is 0. The van der Waals surface area contributed by atoms with Crippen molar-refractivity contribution in [2.24, 2.45) is 0 Å². The van der Waals surface area contributed by atoms with Gasteiger partial charge >= 0.3 is 0 Å². The van der Waals surface area contributed by atoms with Crippen LogP contribution in [0.2, 0.25) is 5.15 Å². The molecule has 0 spiro atoms. The predicted molar refractivity (Wildman–Crippen MR) is 63.8 cm³/mol. The van der Waals surface area contributed by atoms with Gasteiger partial charge in [-0.25, -0.2) is 9.97 Å². The van der Waals surface area contributed by atoms with Crippen LogP contribution in [0.15, 0.2) is 12.4 Å². The molecule has 0 aliphatic carbocycles. The first-order chi connectivity index (χ1) is 7.74. The fourth-order valence-electron chi connectivity index (χ4n) is 1.74. The topological polar surface area (TPSA) is 39.9 Å². The van der Waals surface area contributed by atoms with Crippen LogP contribution in [0.25, 0.3) is 11.0 Å². The number of halogens is 1. The molecule has 2 heterocycles. The zero-order valence-electron chi connectivity index (χ0n) is 9.40. The summed E-state index contributed by atoms with van der Waals surface area (Å²) in [6.45, 7) is 6.22. The van der Waals surface area contributed by atoms with Crippen LogP contribution in [0.3, 0.4) is 0 Å². The van der Waals surface area contributed by atoms with Crippen LogP contribution in [-0.4, -0.2) is 27.7 Å². The zero-order valence-corrected chi connectivity index (χ0v) is 10.2. The van der Waals surface area contributed by atoms with Gasteiger partial charge in [0.05, 0.1) is 12.0 Å². The van der Waals surface area contributed by atoms with E-state index in [1.807, 2.05) is 19.9 Å². The Kier molecular flexibility index (Phi) is 3.41. The number of hydrogen-bond donors (Lipinski definition) is 0. The van der Waals surface area contributed by atoms with Gasteiger partial charge in [-0.1, -0.05) is 11.6 Å². The molecule has 0 radical (unpaired) electrons. The van der Waals surface area contributed by atoms with Gasteiger partial charge in [-0.3, -0.25) is 0 Å². The van der Waals surface area contributed by atoms with Gasteiger partial charge in [0.15, 0.2) is 0 Å². The molecule has 0 aromatic carbocycles. The van der Waals surface area contributed by atoms with Crippen molar-refractivity contribution in [3.63, 3.8) is 0 Å². The summed E-state index contributed by atoms with van der Waals surface area (Å²) in [6.07, 6.45) is 1.49. The Morgan fingerprint density at radius 2 is 2.25 bits per heavy atom. The van der Waals surface area contributed by atoms with Crippen molar-refractivity contribution >= 4 is 22.6 Å². The molecule has 2 aromatic rings. The van der Waals surface area contributed by atoms with E-state index in [0.717, 1.165) is 29.9 Å². The fraction of sp³-hybridized carbons (Fsp3) is 0.455. The van der Waals surface area contributed by atoms with E-state index in [1.165, 1.54) is 6.33 Å². The van der Waals surface area contributed by atoms with E-state index in [1.54, 1.807) is 0 Å².